The van der Waals surface area contributed by atoms with Gasteiger partial charge in [-0.2, -0.15) is 17.2 Å². The summed E-state index contributed by atoms with van der Waals surface area (Å²) in [6.45, 7) is -0.234. The topological polar surface area (TPSA) is 80.7 Å². The number of carbonyl (C=O) groups excluding carboxylic acids is 1. The Kier molecular flexibility index (Phi) is 4.85. The first-order valence-electron chi connectivity index (χ1n) is 8.69. The molecule has 4 aliphatic rings. The van der Waals surface area contributed by atoms with Crippen molar-refractivity contribution in [3.05, 3.63) is 0 Å². The quantitative estimate of drug-likeness (QED) is 0.414. The predicted octanol–water partition coefficient (Wildman–Crippen LogP) is 3.34. The molecule has 9 heteroatoms. The average molecular weight is 384 g/mol. The largest absolute Gasteiger partial charge is 0.465 e. The molecule has 4 bridgehead atoms. The summed E-state index contributed by atoms with van der Waals surface area (Å²) in [4.78, 5) is 12.5. The van der Waals surface area contributed by atoms with Gasteiger partial charge in [0.05, 0.1) is 12.0 Å². The fraction of sp³-hybridized carbons (Fsp3) is 0.938. The van der Waals surface area contributed by atoms with Crippen LogP contribution in [0.3, 0.4) is 0 Å². The molecule has 0 aromatic heterocycles. The summed E-state index contributed by atoms with van der Waals surface area (Å²) in [5.74, 6) is 1.34. The van der Waals surface area contributed by atoms with E-state index in [1.807, 2.05) is 0 Å². The summed E-state index contributed by atoms with van der Waals surface area (Å²) < 4.78 is 74.1. The van der Waals surface area contributed by atoms with E-state index in [-0.39, 0.29) is 19.0 Å². The van der Waals surface area contributed by atoms with Gasteiger partial charge in [0, 0.05) is 0 Å². The molecular formula is C16H23F3O5S. The molecular weight excluding hydrogens is 361 g/mol. The van der Waals surface area contributed by atoms with Crippen molar-refractivity contribution in [1.82, 2.24) is 0 Å². The molecule has 0 aliphatic heterocycles. The maximum Gasteiger partial charge on any atom is 0.400 e. The number of rotatable bonds is 7. The van der Waals surface area contributed by atoms with Gasteiger partial charge in [0.15, 0.2) is 6.17 Å². The lowest BCUT2D eigenvalue weighted by Gasteiger charge is -2.55. The molecule has 25 heavy (non-hydrogen) atoms. The van der Waals surface area contributed by atoms with Crippen LogP contribution in [-0.2, 0) is 19.6 Å². The summed E-state index contributed by atoms with van der Waals surface area (Å²) in [6.07, 6.45) is 1.84. The fourth-order valence-corrected chi connectivity index (χ4v) is 5.71. The normalized spacial score (nSPS) is 35.6. The Morgan fingerprint density at radius 2 is 1.64 bits per heavy atom. The minimum absolute atomic E-state index is 0.232. The Morgan fingerprint density at radius 3 is 2.08 bits per heavy atom. The molecule has 0 aromatic carbocycles. The molecule has 5 nitrogen and oxygen atoms in total. The van der Waals surface area contributed by atoms with Gasteiger partial charge in [0.25, 0.3) is 0 Å². The molecule has 4 saturated carbocycles. The average Bonchev–Trinajstić information content (AvgIpc) is 2.48. The summed E-state index contributed by atoms with van der Waals surface area (Å²) in [5, 5.41) is -4.85. The zero-order valence-corrected chi connectivity index (χ0v) is 14.6. The van der Waals surface area contributed by atoms with Crippen LogP contribution in [0.15, 0.2) is 0 Å². The van der Waals surface area contributed by atoms with E-state index in [0.29, 0.717) is 17.8 Å². The van der Waals surface area contributed by atoms with Crippen LogP contribution in [0, 0.1) is 23.2 Å². The van der Waals surface area contributed by atoms with Gasteiger partial charge in [-0.25, -0.2) is 4.39 Å². The lowest BCUT2D eigenvalue weighted by molar-refractivity contribution is -0.171. The highest BCUT2D eigenvalue weighted by molar-refractivity contribution is 7.86. The van der Waals surface area contributed by atoms with Gasteiger partial charge < -0.3 is 4.74 Å². The van der Waals surface area contributed by atoms with E-state index in [4.69, 9.17) is 9.29 Å². The van der Waals surface area contributed by atoms with Crippen molar-refractivity contribution in [2.24, 2.45) is 23.2 Å². The third-order valence-corrected chi connectivity index (χ3v) is 6.96. The summed E-state index contributed by atoms with van der Waals surface area (Å²) in [5.41, 5.74) is -0.470. The van der Waals surface area contributed by atoms with Crippen LogP contribution in [0.2, 0.25) is 0 Å². The van der Waals surface area contributed by atoms with Gasteiger partial charge >= 0.3 is 21.3 Å². The molecule has 0 spiro atoms. The SMILES string of the molecule is O=C(OCCCC(F)C(F)(F)S(=O)(=O)O)C12CC3CC(CC(C3)C1)C2. The van der Waals surface area contributed by atoms with Crippen molar-refractivity contribution in [3.63, 3.8) is 0 Å². The Bertz CT molecular complexity index is 598. The summed E-state index contributed by atoms with van der Waals surface area (Å²) in [7, 11) is -5.80. The number of hydrogen-bond acceptors (Lipinski definition) is 4. The Labute approximate surface area is 145 Å². The predicted molar refractivity (Wildman–Crippen MR) is 82.2 cm³/mol. The van der Waals surface area contributed by atoms with Gasteiger partial charge in [-0.3, -0.25) is 9.35 Å². The van der Waals surface area contributed by atoms with Gasteiger partial charge in [0.2, 0.25) is 0 Å². The van der Waals surface area contributed by atoms with Crippen LogP contribution < -0.4 is 0 Å². The molecule has 4 aliphatic carbocycles. The van der Waals surface area contributed by atoms with Crippen molar-refractivity contribution < 1.29 is 35.7 Å². The van der Waals surface area contributed by atoms with Crippen LogP contribution >= 0.6 is 0 Å². The molecule has 1 unspecified atom stereocenters. The van der Waals surface area contributed by atoms with E-state index < -0.39 is 33.4 Å². The van der Waals surface area contributed by atoms with Crippen LogP contribution in [0.5, 0.6) is 0 Å². The lowest BCUT2D eigenvalue weighted by Crippen LogP contribution is -2.50. The molecule has 144 valence electrons. The zero-order valence-electron chi connectivity index (χ0n) is 13.8. The van der Waals surface area contributed by atoms with E-state index in [1.165, 1.54) is 19.3 Å². The standard InChI is InChI=1S/C16H23F3O5S/c17-13(16(18,19)25(21,22)23)2-1-3-24-14(20)15-7-10-4-11(8-15)6-12(5-10)9-15/h10-13H,1-9H2,(H,21,22,23). The molecule has 0 saturated heterocycles. The molecule has 4 fully saturated rings. The smallest absolute Gasteiger partial charge is 0.400 e. The number of ether oxygens (including phenoxy) is 1. The second kappa shape index (κ2) is 6.40. The van der Waals surface area contributed by atoms with Crippen molar-refractivity contribution in [2.45, 2.75) is 62.8 Å². The van der Waals surface area contributed by atoms with Crippen molar-refractivity contribution in [1.29, 1.82) is 0 Å². The third kappa shape index (κ3) is 3.54. The third-order valence-electron chi connectivity index (χ3n) is 6.01. The van der Waals surface area contributed by atoms with Crippen molar-refractivity contribution >= 4 is 16.1 Å². The van der Waals surface area contributed by atoms with Crippen LogP contribution in [0.4, 0.5) is 13.2 Å². The first-order valence-corrected chi connectivity index (χ1v) is 10.1. The minimum atomic E-state index is -5.80. The lowest BCUT2D eigenvalue weighted by atomic mass is 9.49. The number of hydrogen-bond donors (Lipinski definition) is 1. The van der Waals surface area contributed by atoms with Crippen LogP contribution in [0.1, 0.15) is 51.4 Å². The Balaban J connectivity index is 1.48. The van der Waals surface area contributed by atoms with Crippen LogP contribution in [-0.4, -0.2) is 37.0 Å². The van der Waals surface area contributed by atoms with Gasteiger partial charge in [-0.1, -0.05) is 0 Å². The van der Waals surface area contributed by atoms with E-state index in [1.54, 1.807) is 0 Å². The zero-order chi connectivity index (χ0) is 18.5. The highest BCUT2D eigenvalue weighted by Crippen LogP contribution is 2.60. The fourth-order valence-electron chi connectivity index (χ4n) is 5.27. The number of esters is 1. The molecule has 1 atom stereocenters. The van der Waals surface area contributed by atoms with Crippen molar-refractivity contribution in [2.75, 3.05) is 6.61 Å². The van der Waals surface area contributed by atoms with E-state index in [9.17, 15) is 26.4 Å². The molecule has 1 N–H and O–H groups in total. The van der Waals surface area contributed by atoms with Crippen LogP contribution in [0.25, 0.3) is 0 Å². The second-order valence-electron chi connectivity index (χ2n) is 7.98. The molecule has 0 amide bonds. The van der Waals surface area contributed by atoms with E-state index in [0.717, 1.165) is 19.3 Å². The second-order valence-corrected chi connectivity index (χ2v) is 9.47. The minimum Gasteiger partial charge on any atom is -0.465 e. The highest BCUT2D eigenvalue weighted by atomic mass is 32.2. The Morgan fingerprint density at radius 1 is 1.16 bits per heavy atom. The van der Waals surface area contributed by atoms with Crippen molar-refractivity contribution in [3.8, 4) is 0 Å². The number of halogens is 3. The maximum absolute atomic E-state index is 13.4. The summed E-state index contributed by atoms with van der Waals surface area (Å²) in [6, 6.07) is 0. The van der Waals surface area contributed by atoms with Gasteiger partial charge in [-0.15, -0.1) is 0 Å². The number of alkyl halides is 3. The van der Waals surface area contributed by atoms with Gasteiger partial charge in [-0.05, 0) is 69.1 Å². The first-order chi connectivity index (χ1) is 11.5. The first kappa shape index (κ1) is 18.9. The van der Waals surface area contributed by atoms with E-state index >= 15 is 0 Å². The summed E-state index contributed by atoms with van der Waals surface area (Å²) >= 11 is 0. The molecule has 0 aromatic rings. The molecule has 4 rings (SSSR count). The maximum atomic E-state index is 13.4. The number of carbonyl (C=O) groups is 1. The van der Waals surface area contributed by atoms with E-state index in [2.05, 4.69) is 0 Å². The highest BCUT2D eigenvalue weighted by Gasteiger charge is 2.55. The Hall–Kier alpha value is -0.830. The molecule has 0 radical (unpaired) electrons. The molecule has 0 heterocycles. The monoisotopic (exact) mass is 384 g/mol. The van der Waals surface area contributed by atoms with Gasteiger partial charge in [0.1, 0.15) is 0 Å².